The van der Waals surface area contributed by atoms with E-state index in [1.54, 1.807) is 24.3 Å². The minimum Gasteiger partial charge on any atom is -0.494 e. The van der Waals surface area contributed by atoms with Gasteiger partial charge in [-0.25, -0.2) is 4.79 Å². The summed E-state index contributed by atoms with van der Waals surface area (Å²) in [6.07, 6.45) is 0. The van der Waals surface area contributed by atoms with Gasteiger partial charge in [0.1, 0.15) is 16.5 Å². The van der Waals surface area contributed by atoms with E-state index in [1.807, 2.05) is 6.92 Å². The van der Waals surface area contributed by atoms with Crippen LogP contribution in [-0.4, -0.2) is 36.6 Å². The second-order valence-corrected chi connectivity index (χ2v) is 5.73. The summed E-state index contributed by atoms with van der Waals surface area (Å²) in [7, 11) is 0. The lowest BCUT2D eigenvalue weighted by Gasteiger charge is -2.09. The summed E-state index contributed by atoms with van der Waals surface area (Å²) < 4.78 is 15.3. The van der Waals surface area contributed by atoms with Crippen molar-refractivity contribution in [2.45, 2.75) is 6.92 Å². The van der Waals surface area contributed by atoms with Gasteiger partial charge in [0.2, 0.25) is 0 Å². The zero-order valence-corrected chi connectivity index (χ0v) is 15.6. The molecule has 0 saturated heterocycles. The van der Waals surface area contributed by atoms with Crippen LogP contribution in [0.15, 0.2) is 42.5 Å². The van der Waals surface area contributed by atoms with Crippen molar-refractivity contribution in [1.82, 2.24) is 0 Å². The quantitative estimate of drug-likeness (QED) is 0.384. The van der Waals surface area contributed by atoms with Crippen molar-refractivity contribution >= 4 is 34.9 Å². The maximum absolute atomic E-state index is 11.8. The normalized spacial score (nSPS) is 10.1. The van der Waals surface area contributed by atoms with Crippen LogP contribution in [0.2, 0.25) is 5.02 Å². The Morgan fingerprint density at radius 3 is 2.32 bits per heavy atom. The number of amides is 1. The summed E-state index contributed by atoms with van der Waals surface area (Å²) in [5, 5.41) is 13.2. The molecule has 0 aliphatic heterocycles. The summed E-state index contributed by atoms with van der Waals surface area (Å²) in [5.74, 6) is -0.285. The van der Waals surface area contributed by atoms with Gasteiger partial charge in [-0.2, -0.15) is 0 Å². The van der Waals surface area contributed by atoms with Crippen molar-refractivity contribution in [3.05, 3.63) is 57.6 Å². The number of benzene rings is 2. The number of rotatable bonds is 9. The second kappa shape index (κ2) is 10.1. The van der Waals surface area contributed by atoms with Crippen LogP contribution >= 0.6 is 11.6 Å². The molecular weight excluding hydrogens is 392 g/mol. The zero-order chi connectivity index (χ0) is 20.5. The molecule has 0 aliphatic carbocycles. The first-order valence-electron chi connectivity index (χ1n) is 8.14. The molecule has 0 fully saturated rings. The van der Waals surface area contributed by atoms with Crippen molar-refractivity contribution in [2.24, 2.45) is 0 Å². The highest BCUT2D eigenvalue weighted by Crippen LogP contribution is 2.27. The van der Waals surface area contributed by atoms with Crippen LogP contribution in [0.25, 0.3) is 0 Å². The first-order chi connectivity index (χ1) is 13.4. The Balaban J connectivity index is 1.77. The fourth-order valence-electron chi connectivity index (χ4n) is 2.06. The maximum atomic E-state index is 11.8. The van der Waals surface area contributed by atoms with E-state index in [2.05, 4.69) is 5.32 Å². The number of halogens is 1. The highest BCUT2D eigenvalue weighted by molar-refractivity contribution is 6.32. The number of hydrogen-bond donors (Lipinski definition) is 1. The molecule has 0 bridgehead atoms. The lowest BCUT2D eigenvalue weighted by atomic mass is 10.3. The Morgan fingerprint density at radius 2 is 1.71 bits per heavy atom. The van der Waals surface area contributed by atoms with E-state index in [1.165, 1.54) is 12.1 Å². The number of carbonyl (C=O) groups is 2. The molecule has 10 heteroatoms. The van der Waals surface area contributed by atoms with Gasteiger partial charge in [0.05, 0.1) is 11.5 Å². The molecule has 0 saturated carbocycles. The van der Waals surface area contributed by atoms with Crippen LogP contribution in [0, 0.1) is 10.1 Å². The molecule has 0 aliphatic rings. The van der Waals surface area contributed by atoms with Crippen LogP contribution in [0.5, 0.6) is 11.5 Å². The van der Waals surface area contributed by atoms with E-state index in [0.717, 1.165) is 6.07 Å². The molecule has 28 heavy (non-hydrogen) atoms. The summed E-state index contributed by atoms with van der Waals surface area (Å²) in [6.45, 7) is 1.46. The van der Waals surface area contributed by atoms with E-state index in [9.17, 15) is 19.7 Å². The van der Waals surface area contributed by atoms with Gasteiger partial charge in [-0.3, -0.25) is 14.9 Å². The van der Waals surface area contributed by atoms with Gasteiger partial charge >= 0.3 is 5.97 Å². The topological polar surface area (TPSA) is 117 Å². The molecule has 0 heterocycles. The van der Waals surface area contributed by atoms with Crippen molar-refractivity contribution in [2.75, 3.05) is 25.1 Å². The van der Waals surface area contributed by atoms with Crippen LogP contribution in [0.4, 0.5) is 11.4 Å². The van der Waals surface area contributed by atoms with Gasteiger partial charge < -0.3 is 19.5 Å². The average molecular weight is 409 g/mol. The largest absolute Gasteiger partial charge is 0.494 e. The molecule has 2 aromatic rings. The van der Waals surface area contributed by atoms with E-state index in [-0.39, 0.29) is 23.0 Å². The lowest BCUT2D eigenvalue weighted by molar-refractivity contribution is -0.384. The number of carbonyl (C=O) groups excluding carboxylic acids is 2. The minimum atomic E-state index is -0.744. The molecule has 0 radical (unpaired) electrons. The molecule has 0 aromatic heterocycles. The Morgan fingerprint density at radius 1 is 1.07 bits per heavy atom. The van der Waals surface area contributed by atoms with Crippen LogP contribution in [0.1, 0.15) is 6.92 Å². The van der Waals surface area contributed by atoms with Crippen molar-refractivity contribution in [1.29, 1.82) is 0 Å². The number of nitro groups is 1. The van der Waals surface area contributed by atoms with Gasteiger partial charge in [0.25, 0.3) is 11.6 Å². The number of ether oxygens (including phenoxy) is 3. The Bertz CT molecular complexity index is 856. The Hall–Kier alpha value is -3.33. The molecule has 1 N–H and O–H groups in total. The molecule has 9 nitrogen and oxygen atoms in total. The number of esters is 1. The lowest BCUT2D eigenvalue weighted by Crippen LogP contribution is -2.23. The van der Waals surface area contributed by atoms with Gasteiger partial charge in [-0.05, 0) is 43.3 Å². The molecule has 2 aromatic carbocycles. The fraction of sp³-hybridized carbons (Fsp3) is 0.222. The third-order valence-electron chi connectivity index (χ3n) is 3.28. The highest BCUT2D eigenvalue weighted by atomic mass is 35.5. The molecule has 0 spiro atoms. The third kappa shape index (κ3) is 6.44. The van der Waals surface area contributed by atoms with Crippen molar-refractivity contribution in [3.63, 3.8) is 0 Å². The first-order valence-corrected chi connectivity index (χ1v) is 8.52. The second-order valence-electron chi connectivity index (χ2n) is 5.33. The first kappa shape index (κ1) is 21.0. The summed E-state index contributed by atoms with van der Waals surface area (Å²) in [6, 6.07) is 10.5. The predicted molar refractivity (Wildman–Crippen MR) is 101 cm³/mol. The molecule has 0 atom stereocenters. The van der Waals surface area contributed by atoms with Crippen LogP contribution in [-0.2, 0) is 14.3 Å². The summed E-state index contributed by atoms with van der Waals surface area (Å²) >= 11 is 5.70. The Kier molecular flexibility index (Phi) is 7.58. The van der Waals surface area contributed by atoms with Crippen LogP contribution < -0.4 is 14.8 Å². The number of nitro benzene ring substituents is 1. The van der Waals surface area contributed by atoms with Gasteiger partial charge in [0.15, 0.2) is 13.2 Å². The monoisotopic (exact) mass is 408 g/mol. The molecular formula is C18H17ClN2O7. The smallest absolute Gasteiger partial charge is 0.344 e. The number of hydrogen-bond acceptors (Lipinski definition) is 7. The van der Waals surface area contributed by atoms with Gasteiger partial charge in [0, 0.05) is 11.8 Å². The van der Waals surface area contributed by atoms with E-state index < -0.39 is 23.4 Å². The predicted octanol–water partition coefficient (Wildman–Crippen LogP) is 3.21. The highest BCUT2D eigenvalue weighted by Gasteiger charge is 2.15. The third-order valence-corrected chi connectivity index (χ3v) is 3.60. The summed E-state index contributed by atoms with van der Waals surface area (Å²) in [5.41, 5.74) is -0.192. The molecule has 148 valence electrons. The average Bonchev–Trinajstić information content (AvgIpc) is 2.67. The zero-order valence-electron chi connectivity index (χ0n) is 14.8. The number of nitrogens with zero attached hydrogens (tertiary/aromatic N) is 1. The summed E-state index contributed by atoms with van der Waals surface area (Å²) in [4.78, 5) is 33.6. The molecule has 2 rings (SSSR count). The minimum absolute atomic E-state index is 0.0548. The maximum Gasteiger partial charge on any atom is 0.344 e. The van der Waals surface area contributed by atoms with Gasteiger partial charge in [-0.1, -0.05) is 11.6 Å². The molecule has 1 amide bonds. The Labute approximate surface area is 165 Å². The van der Waals surface area contributed by atoms with Crippen molar-refractivity contribution < 1.29 is 28.7 Å². The molecule has 0 unspecified atom stereocenters. The van der Waals surface area contributed by atoms with Gasteiger partial charge in [-0.15, -0.1) is 0 Å². The van der Waals surface area contributed by atoms with Crippen LogP contribution in [0.3, 0.4) is 0 Å². The standard InChI is InChI=1S/C18H17ClN2O7/c1-2-26-13-4-6-14(7-5-13)27-11-18(23)28-10-17(22)20-12-3-8-15(19)16(9-12)21(24)25/h3-9H,2,10-11H2,1H3,(H,20,22). The van der Waals surface area contributed by atoms with E-state index in [0.29, 0.717) is 18.1 Å². The number of anilines is 1. The number of nitrogens with one attached hydrogen (secondary N) is 1. The fourth-order valence-corrected chi connectivity index (χ4v) is 2.24. The van der Waals surface area contributed by atoms with E-state index >= 15 is 0 Å². The SMILES string of the molecule is CCOc1ccc(OCC(=O)OCC(=O)Nc2ccc(Cl)c([N+](=O)[O-])c2)cc1. The van der Waals surface area contributed by atoms with Crippen molar-refractivity contribution in [3.8, 4) is 11.5 Å². The van der Waals surface area contributed by atoms with E-state index in [4.69, 9.17) is 25.8 Å².